The number of amides is 1. The van der Waals surface area contributed by atoms with Crippen LogP contribution in [0.5, 0.6) is 0 Å². The van der Waals surface area contributed by atoms with Crippen LogP contribution in [0.4, 0.5) is 0 Å². The van der Waals surface area contributed by atoms with Crippen molar-refractivity contribution in [2.45, 2.75) is 39.3 Å². The van der Waals surface area contributed by atoms with Gasteiger partial charge in [-0.05, 0) is 52.8 Å². The van der Waals surface area contributed by atoms with Crippen LogP contribution >= 0.6 is 0 Å². The van der Waals surface area contributed by atoms with Crippen LogP contribution in [0, 0.1) is 12.8 Å². The van der Waals surface area contributed by atoms with E-state index in [-0.39, 0.29) is 17.9 Å². The summed E-state index contributed by atoms with van der Waals surface area (Å²) >= 11 is 0. The lowest BCUT2D eigenvalue weighted by molar-refractivity contribution is -0.139. The molecule has 40 heavy (non-hydrogen) atoms. The summed E-state index contributed by atoms with van der Waals surface area (Å²) in [4.78, 5) is 39.5. The van der Waals surface area contributed by atoms with Gasteiger partial charge in [0.15, 0.2) is 0 Å². The third-order valence-corrected chi connectivity index (χ3v) is 6.78. The highest BCUT2D eigenvalue weighted by Crippen LogP contribution is 2.27. The van der Waals surface area contributed by atoms with Crippen LogP contribution in [0.2, 0.25) is 0 Å². The van der Waals surface area contributed by atoms with Crippen molar-refractivity contribution < 1.29 is 14.7 Å². The minimum atomic E-state index is -1.22. The van der Waals surface area contributed by atoms with Crippen molar-refractivity contribution in [1.29, 1.82) is 0 Å². The van der Waals surface area contributed by atoms with Crippen molar-refractivity contribution in [3.8, 4) is 0 Å². The molecule has 0 aliphatic carbocycles. The normalized spacial score (nSPS) is 12.4. The van der Waals surface area contributed by atoms with Crippen LogP contribution in [0.1, 0.15) is 58.9 Å². The van der Waals surface area contributed by atoms with Gasteiger partial charge in [0.2, 0.25) is 0 Å². The summed E-state index contributed by atoms with van der Waals surface area (Å²) in [7, 11) is 0. The van der Waals surface area contributed by atoms with Gasteiger partial charge in [-0.15, -0.1) is 0 Å². The number of aromatic nitrogens is 1. The molecule has 0 bridgehead atoms. The number of nitrogens with one attached hydrogen (secondary N) is 1. The van der Waals surface area contributed by atoms with Crippen molar-refractivity contribution in [3.63, 3.8) is 0 Å². The molecular weight excluding hydrogens is 500 g/mol. The second-order valence-electron chi connectivity index (χ2n) is 10.2. The predicted molar refractivity (Wildman–Crippen MR) is 158 cm³/mol. The molecule has 204 valence electrons. The number of carbonyl (C=O) groups is 2. The van der Waals surface area contributed by atoms with Crippen LogP contribution in [-0.2, 0) is 4.79 Å². The molecule has 3 aromatic carbocycles. The quantitative estimate of drug-likeness (QED) is 0.257. The van der Waals surface area contributed by atoms with Gasteiger partial charge in [-0.2, -0.15) is 0 Å². The number of benzene rings is 3. The Morgan fingerprint density at radius 1 is 0.825 bits per heavy atom. The molecule has 6 heteroatoms. The van der Waals surface area contributed by atoms with E-state index >= 15 is 0 Å². The third-order valence-electron chi connectivity index (χ3n) is 6.78. The zero-order valence-electron chi connectivity index (χ0n) is 23.0. The molecule has 0 radical (unpaired) electrons. The average Bonchev–Trinajstić information content (AvgIpc) is 2.94. The Morgan fingerprint density at radius 3 is 1.93 bits per heavy atom. The number of carbonyl (C=O) groups excluding carboxylic acids is 1. The summed E-state index contributed by atoms with van der Waals surface area (Å²) in [6.45, 7) is 6.02. The van der Waals surface area contributed by atoms with Crippen LogP contribution in [0.25, 0.3) is 5.57 Å². The van der Waals surface area contributed by atoms with E-state index in [4.69, 9.17) is 0 Å². The fourth-order valence-electron chi connectivity index (χ4n) is 4.93. The second kappa shape index (κ2) is 12.9. The lowest BCUT2D eigenvalue weighted by Crippen LogP contribution is -2.43. The maximum atomic E-state index is 13.7. The lowest BCUT2D eigenvalue weighted by atomic mass is 9.92. The molecule has 0 spiro atoms. The number of carboxylic acid groups (broad SMARTS) is 1. The third kappa shape index (κ3) is 6.64. The molecule has 4 rings (SSSR count). The van der Waals surface area contributed by atoms with Gasteiger partial charge in [-0.1, -0.05) is 105 Å². The number of hydrogen-bond donors (Lipinski definition) is 2. The number of allylic oxidation sites excluding steroid dienone is 1. The number of hydrogen-bond acceptors (Lipinski definition) is 3. The minimum absolute atomic E-state index is 0.0851. The van der Waals surface area contributed by atoms with Gasteiger partial charge in [0.1, 0.15) is 11.6 Å². The van der Waals surface area contributed by atoms with Gasteiger partial charge in [-0.25, -0.2) is 4.79 Å². The van der Waals surface area contributed by atoms with Gasteiger partial charge in [0, 0.05) is 12.6 Å². The molecule has 1 aromatic heterocycles. The summed E-state index contributed by atoms with van der Waals surface area (Å²) in [5.41, 5.74) is 3.95. The van der Waals surface area contributed by atoms with Gasteiger partial charge >= 0.3 is 5.97 Å². The summed E-state index contributed by atoms with van der Waals surface area (Å²) in [6.07, 6.45) is 3.76. The predicted octanol–water partition coefficient (Wildman–Crippen LogP) is 6.11. The molecule has 6 nitrogen and oxygen atoms in total. The summed E-state index contributed by atoms with van der Waals surface area (Å²) in [5.74, 6) is -1.71. The first kappa shape index (κ1) is 28.3. The summed E-state index contributed by atoms with van der Waals surface area (Å²) < 4.78 is 1.52. The average molecular weight is 535 g/mol. The van der Waals surface area contributed by atoms with E-state index in [1.165, 1.54) is 10.6 Å². The zero-order valence-corrected chi connectivity index (χ0v) is 23.0. The summed E-state index contributed by atoms with van der Waals surface area (Å²) in [6, 6.07) is 28.3. The monoisotopic (exact) mass is 534 g/mol. The number of carboxylic acids is 1. The lowest BCUT2D eigenvalue weighted by Gasteiger charge is -2.22. The molecule has 1 atom stereocenters. The molecule has 0 unspecified atom stereocenters. The second-order valence-corrected chi connectivity index (χ2v) is 10.2. The number of pyridine rings is 1. The maximum absolute atomic E-state index is 13.7. The van der Waals surface area contributed by atoms with Crippen LogP contribution in [0.15, 0.2) is 114 Å². The number of aryl methyl sites for hydroxylation is 1. The largest absolute Gasteiger partial charge is 0.480 e. The van der Waals surface area contributed by atoms with E-state index in [9.17, 15) is 19.5 Å². The molecule has 2 N–H and O–H groups in total. The highest BCUT2D eigenvalue weighted by molar-refractivity contribution is 5.96. The van der Waals surface area contributed by atoms with Crippen molar-refractivity contribution in [2.24, 2.45) is 5.92 Å². The Labute approximate surface area is 234 Å². The van der Waals surface area contributed by atoms with Gasteiger partial charge in [0.25, 0.3) is 11.5 Å². The van der Waals surface area contributed by atoms with Crippen LogP contribution in [-0.4, -0.2) is 27.6 Å². The Balaban J connectivity index is 1.68. The first-order valence-electron chi connectivity index (χ1n) is 13.4. The standard InChI is InChI=1S/C34H34N2O4/c1-23(2)21-27(28-18-11-10-13-24(28)3)22-30(34(39)40)35-32(37)29-19-12-20-36(33(29)38)31(25-14-6-4-7-15-25)26-16-8-5-9-17-26/h4-21,23,30-31H,22H2,1-3H3,(H,35,37)(H,39,40)/b27-21-/t30-/m0/s1. The minimum Gasteiger partial charge on any atom is -0.480 e. The first-order valence-corrected chi connectivity index (χ1v) is 13.4. The molecule has 0 fully saturated rings. The molecular formula is C34H34N2O4. The Hall–Kier alpha value is -4.71. The van der Waals surface area contributed by atoms with Crippen LogP contribution < -0.4 is 10.9 Å². The zero-order chi connectivity index (χ0) is 28.6. The number of aliphatic carboxylic acids is 1. The van der Waals surface area contributed by atoms with Gasteiger partial charge < -0.3 is 15.0 Å². The molecule has 0 saturated heterocycles. The fraction of sp³-hybridized carbons (Fsp3) is 0.206. The highest BCUT2D eigenvalue weighted by atomic mass is 16.4. The smallest absolute Gasteiger partial charge is 0.326 e. The Bertz CT molecular complexity index is 1520. The van der Waals surface area contributed by atoms with Crippen molar-refractivity contribution in [2.75, 3.05) is 0 Å². The Morgan fingerprint density at radius 2 is 1.38 bits per heavy atom. The van der Waals surface area contributed by atoms with E-state index in [0.717, 1.165) is 27.8 Å². The highest BCUT2D eigenvalue weighted by Gasteiger charge is 2.26. The van der Waals surface area contributed by atoms with E-state index < -0.39 is 29.5 Å². The van der Waals surface area contributed by atoms with E-state index in [1.807, 2.05) is 112 Å². The molecule has 0 saturated carbocycles. The number of nitrogens with zero attached hydrogens (tertiary/aromatic N) is 1. The molecule has 1 amide bonds. The van der Waals surface area contributed by atoms with Crippen molar-refractivity contribution in [1.82, 2.24) is 9.88 Å². The van der Waals surface area contributed by atoms with E-state index in [1.54, 1.807) is 12.3 Å². The van der Waals surface area contributed by atoms with Gasteiger partial charge in [0.05, 0.1) is 6.04 Å². The molecule has 4 aromatic rings. The first-order chi connectivity index (χ1) is 19.3. The van der Waals surface area contributed by atoms with Gasteiger partial charge in [-0.3, -0.25) is 9.59 Å². The molecule has 1 heterocycles. The fourth-order valence-corrected chi connectivity index (χ4v) is 4.93. The molecule has 0 aliphatic heterocycles. The Kier molecular flexibility index (Phi) is 9.12. The summed E-state index contributed by atoms with van der Waals surface area (Å²) in [5, 5.41) is 12.7. The maximum Gasteiger partial charge on any atom is 0.326 e. The molecule has 0 aliphatic rings. The van der Waals surface area contributed by atoms with Crippen LogP contribution in [0.3, 0.4) is 0 Å². The van der Waals surface area contributed by atoms with Crippen molar-refractivity contribution >= 4 is 17.4 Å². The number of rotatable bonds is 10. The van der Waals surface area contributed by atoms with E-state index in [0.29, 0.717) is 0 Å². The topological polar surface area (TPSA) is 88.4 Å². The SMILES string of the molecule is Cc1ccccc1/C(=C\C(C)C)C[C@H](NC(=O)c1cccn(C(c2ccccc2)c2ccccc2)c1=O)C(=O)O. The van der Waals surface area contributed by atoms with E-state index in [2.05, 4.69) is 5.32 Å². The van der Waals surface area contributed by atoms with Crippen molar-refractivity contribution in [3.05, 3.63) is 148 Å².